The monoisotopic (exact) mass is 470 g/mol. The lowest BCUT2D eigenvalue weighted by Gasteiger charge is -2.35. The van der Waals surface area contributed by atoms with Crippen LogP contribution in [-0.4, -0.2) is 82.9 Å². The number of hydrogen-bond acceptors (Lipinski definition) is 6. The van der Waals surface area contributed by atoms with Gasteiger partial charge in [-0.3, -0.25) is 9.20 Å². The average Bonchev–Trinajstić information content (AvgIpc) is 3.21. The predicted octanol–water partition coefficient (Wildman–Crippen LogP) is 2.74. The number of aromatic hydroxyl groups is 1. The van der Waals surface area contributed by atoms with E-state index < -0.39 is 0 Å². The van der Waals surface area contributed by atoms with Crippen molar-refractivity contribution in [2.24, 2.45) is 5.73 Å². The number of imidazole rings is 1. The third-order valence-electron chi connectivity index (χ3n) is 5.59. The lowest BCUT2D eigenvalue weighted by molar-refractivity contribution is -0.115. The van der Waals surface area contributed by atoms with E-state index in [1.807, 2.05) is 28.9 Å². The number of aromatic nitrogens is 2. The zero-order chi connectivity index (χ0) is 24.1. The van der Waals surface area contributed by atoms with Crippen molar-refractivity contribution in [2.75, 3.05) is 47.3 Å². The molecular weight excluding hydrogens is 440 g/mol. The molecule has 8 nitrogen and oxygen atoms in total. The van der Waals surface area contributed by atoms with Crippen LogP contribution in [0.2, 0.25) is 5.02 Å². The summed E-state index contributed by atoms with van der Waals surface area (Å²) in [7, 11) is 5.51. The van der Waals surface area contributed by atoms with E-state index in [9.17, 15) is 9.90 Å². The number of rotatable bonds is 5. The number of hydrogen-bond donors (Lipinski definition) is 2. The van der Waals surface area contributed by atoms with Crippen molar-refractivity contribution in [1.29, 1.82) is 0 Å². The Hall–Kier alpha value is -3.07. The molecule has 0 aliphatic carbocycles. The highest BCUT2D eigenvalue weighted by molar-refractivity contribution is 6.33. The first-order valence-electron chi connectivity index (χ1n) is 10.7. The summed E-state index contributed by atoms with van der Waals surface area (Å²) in [5.41, 5.74) is 11.4. The molecule has 4 rings (SSSR count). The molecule has 0 bridgehead atoms. The van der Waals surface area contributed by atoms with E-state index in [4.69, 9.17) is 17.3 Å². The number of piperazine rings is 1. The molecule has 3 N–H and O–H groups in total. The Kier molecular flexibility index (Phi) is 7.97. The van der Waals surface area contributed by atoms with Crippen LogP contribution in [0.5, 0.6) is 5.75 Å². The van der Waals surface area contributed by atoms with E-state index in [1.54, 1.807) is 26.2 Å². The second kappa shape index (κ2) is 10.7. The molecule has 1 amide bonds. The van der Waals surface area contributed by atoms with Gasteiger partial charge in [0.05, 0.1) is 22.6 Å². The SMILES string of the molecule is C=C(c1cnc2cc(CN)c(-c3ccc(O)cc3Cl)cn12)N1CCN(C)CC1.CN(C)C=O. The van der Waals surface area contributed by atoms with E-state index >= 15 is 0 Å². The van der Waals surface area contributed by atoms with Gasteiger partial charge in [-0.2, -0.15) is 0 Å². The van der Waals surface area contributed by atoms with Gasteiger partial charge in [-0.25, -0.2) is 4.98 Å². The number of pyridine rings is 1. The molecule has 1 aliphatic rings. The quantitative estimate of drug-likeness (QED) is 0.557. The van der Waals surface area contributed by atoms with Gasteiger partial charge >= 0.3 is 0 Å². The number of phenolic OH excluding ortho intramolecular Hbond substituents is 1. The molecule has 9 heteroatoms. The van der Waals surface area contributed by atoms with Crippen molar-refractivity contribution in [3.63, 3.8) is 0 Å². The highest BCUT2D eigenvalue weighted by atomic mass is 35.5. The third-order valence-corrected chi connectivity index (χ3v) is 5.90. The van der Waals surface area contributed by atoms with Gasteiger partial charge < -0.3 is 25.5 Å². The maximum Gasteiger partial charge on any atom is 0.209 e. The van der Waals surface area contributed by atoms with Crippen LogP contribution < -0.4 is 5.73 Å². The minimum atomic E-state index is 0.135. The summed E-state index contributed by atoms with van der Waals surface area (Å²) in [5, 5.41) is 10.2. The zero-order valence-corrected chi connectivity index (χ0v) is 20.1. The summed E-state index contributed by atoms with van der Waals surface area (Å²) in [6, 6.07) is 6.96. The minimum absolute atomic E-state index is 0.135. The standard InChI is InChI=1S/C21H24ClN5O.C3H7NO/c1-14(26-7-5-25(2)6-8-26)20-12-24-21-9-15(11-23)18(13-27(20)21)17-4-3-16(28)10-19(17)22;1-4(2)3-5/h3-4,9-10,12-13,28H,1,5-8,11,23H2,2H3;3H,1-2H3. The molecule has 3 aromatic rings. The second-order valence-electron chi connectivity index (χ2n) is 8.26. The Balaban J connectivity index is 0.000000555. The smallest absolute Gasteiger partial charge is 0.209 e. The molecule has 0 saturated carbocycles. The molecule has 1 aliphatic heterocycles. The molecule has 2 aromatic heterocycles. The molecule has 1 fully saturated rings. The predicted molar refractivity (Wildman–Crippen MR) is 133 cm³/mol. The van der Waals surface area contributed by atoms with Crippen LogP contribution in [0.15, 0.2) is 43.2 Å². The maximum absolute atomic E-state index is 9.68. The number of halogens is 1. The molecule has 0 unspecified atom stereocenters. The van der Waals surface area contributed by atoms with E-state index in [2.05, 4.69) is 28.4 Å². The minimum Gasteiger partial charge on any atom is -0.508 e. The van der Waals surface area contributed by atoms with E-state index in [-0.39, 0.29) is 5.75 Å². The molecule has 3 heterocycles. The van der Waals surface area contributed by atoms with Crippen molar-refractivity contribution < 1.29 is 9.90 Å². The van der Waals surface area contributed by atoms with E-state index in [0.29, 0.717) is 11.6 Å². The normalized spacial score (nSPS) is 14.0. The molecule has 0 atom stereocenters. The maximum atomic E-state index is 9.68. The zero-order valence-electron chi connectivity index (χ0n) is 19.3. The van der Waals surface area contributed by atoms with E-state index in [0.717, 1.165) is 66.3 Å². The summed E-state index contributed by atoms with van der Waals surface area (Å²) >= 11 is 6.40. The first-order chi connectivity index (χ1) is 15.7. The number of amides is 1. The fourth-order valence-electron chi connectivity index (χ4n) is 3.65. The highest BCUT2D eigenvalue weighted by Crippen LogP contribution is 2.34. The van der Waals surface area contributed by atoms with Gasteiger partial charge in [-0.1, -0.05) is 18.2 Å². The summed E-state index contributed by atoms with van der Waals surface area (Å²) in [5.74, 6) is 0.135. The van der Waals surface area contributed by atoms with Gasteiger partial charge in [0.15, 0.2) is 0 Å². The number of carbonyl (C=O) groups excluding carboxylic acids is 1. The van der Waals surface area contributed by atoms with Crippen LogP contribution in [0.3, 0.4) is 0 Å². The van der Waals surface area contributed by atoms with Crippen LogP contribution in [-0.2, 0) is 11.3 Å². The van der Waals surface area contributed by atoms with Crippen molar-refractivity contribution >= 4 is 29.4 Å². The van der Waals surface area contributed by atoms with Gasteiger partial charge in [0, 0.05) is 64.1 Å². The molecule has 176 valence electrons. The van der Waals surface area contributed by atoms with Crippen LogP contribution in [0.1, 0.15) is 11.3 Å². The molecule has 33 heavy (non-hydrogen) atoms. The second-order valence-corrected chi connectivity index (χ2v) is 8.67. The van der Waals surface area contributed by atoms with Crippen LogP contribution in [0, 0.1) is 0 Å². The first kappa shape index (κ1) is 24.6. The molecular formula is C24H31ClN6O2. The highest BCUT2D eigenvalue weighted by Gasteiger charge is 2.20. The summed E-state index contributed by atoms with van der Waals surface area (Å²) in [6.45, 7) is 8.62. The summed E-state index contributed by atoms with van der Waals surface area (Å²) < 4.78 is 2.04. The van der Waals surface area contributed by atoms with E-state index in [1.165, 1.54) is 4.90 Å². The largest absolute Gasteiger partial charge is 0.508 e. The van der Waals surface area contributed by atoms with Gasteiger partial charge in [-0.05, 0) is 36.9 Å². The number of nitrogens with two attached hydrogens (primary N) is 1. The topological polar surface area (TPSA) is 90.3 Å². The number of carbonyl (C=O) groups is 1. The lowest BCUT2D eigenvalue weighted by atomic mass is 10.0. The lowest BCUT2D eigenvalue weighted by Crippen LogP contribution is -2.43. The average molecular weight is 471 g/mol. The summed E-state index contributed by atoms with van der Waals surface area (Å²) in [6.07, 6.45) is 4.62. The van der Waals surface area contributed by atoms with Gasteiger partial charge in [-0.15, -0.1) is 0 Å². The first-order valence-corrected chi connectivity index (χ1v) is 11.1. The number of nitrogens with zero attached hydrogens (tertiary/aromatic N) is 5. The Morgan fingerprint density at radius 3 is 2.48 bits per heavy atom. The van der Waals surface area contributed by atoms with Crippen molar-refractivity contribution in [3.8, 4) is 16.9 Å². The van der Waals surface area contributed by atoms with Gasteiger partial charge in [0.25, 0.3) is 0 Å². The van der Waals surface area contributed by atoms with Crippen LogP contribution in [0.25, 0.3) is 22.5 Å². The third kappa shape index (κ3) is 5.65. The molecule has 1 aromatic carbocycles. The molecule has 0 spiro atoms. The molecule has 0 radical (unpaired) electrons. The van der Waals surface area contributed by atoms with Gasteiger partial charge in [0.1, 0.15) is 11.4 Å². The number of phenols is 1. The van der Waals surface area contributed by atoms with Crippen molar-refractivity contribution in [2.45, 2.75) is 6.54 Å². The van der Waals surface area contributed by atoms with Crippen LogP contribution >= 0.6 is 11.6 Å². The van der Waals surface area contributed by atoms with Gasteiger partial charge in [0.2, 0.25) is 6.41 Å². The Bertz CT molecular complexity index is 1140. The Labute approximate surface area is 199 Å². The number of fused-ring (bicyclic) bond motifs is 1. The number of benzene rings is 1. The fraction of sp³-hybridized carbons (Fsp3) is 0.333. The number of likely N-dealkylation sites (N-methyl/N-ethyl adjacent to an activating group) is 1. The Morgan fingerprint density at radius 1 is 1.24 bits per heavy atom. The van der Waals surface area contributed by atoms with Crippen molar-refractivity contribution in [1.82, 2.24) is 24.1 Å². The van der Waals surface area contributed by atoms with Crippen LogP contribution in [0.4, 0.5) is 0 Å². The summed E-state index contributed by atoms with van der Waals surface area (Å²) in [4.78, 5) is 20.1. The van der Waals surface area contributed by atoms with Crippen molar-refractivity contribution in [3.05, 3.63) is 59.5 Å². The Morgan fingerprint density at radius 2 is 1.91 bits per heavy atom. The fourth-order valence-corrected chi connectivity index (χ4v) is 3.93. The molecule has 1 saturated heterocycles.